The van der Waals surface area contributed by atoms with Crippen LogP contribution in [0.25, 0.3) is 5.65 Å². The van der Waals surface area contributed by atoms with E-state index in [1.54, 1.807) is 60.3 Å². The molecule has 170 valence electrons. The van der Waals surface area contributed by atoms with Crippen LogP contribution in [-0.4, -0.2) is 54.6 Å². The van der Waals surface area contributed by atoms with Gasteiger partial charge in [0.05, 0.1) is 25.5 Å². The lowest BCUT2D eigenvalue weighted by Gasteiger charge is -2.13. The second-order valence-electron chi connectivity index (χ2n) is 8.32. The molecule has 0 bridgehead atoms. The predicted octanol–water partition coefficient (Wildman–Crippen LogP) is 3.86. The van der Waals surface area contributed by atoms with E-state index in [4.69, 9.17) is 14.2 Å². The van der Waals surface area contributed by atoms with E-state index in [1.807, 2.05) is 20.8 Å². The van der Waals surface area contributed by atoms with Gasteiger partial charge < -0.3 is 23.9 Å². The van der Waals surface area contributed by atoms with Gasteiger partial charge in [-0.2, -0.15) is 0 Å². The third-order valence-electron chi connectivity index (χ3n) is 4.67. The van der Waals surface area contributed by atoms with Gasteiger partial charge in [0.1, 0.15) is 23.7 Å². The van der Waals surface area contributed by atoms with Crippen LogP contribution in [0.2, 0.25) is 0 Å². The molecule has 0 unspecified atom stereocenters. The van der Waals surface area contributed by atoms with Crippen molar-refractivity contribution < 1.29 is 23.8 Å². The largest absolute Gasteiger partial charge is 0.491 e. The van der Waals surface area contributed by atoms with Crippen molar-refractivity contribution in [2.75, 3.05) is 38.9 Å². The summed E-state index contributed by atoms with van der Waals surface area (Å²) in [4.78, 5) is 29.5. The van der Waals surface area contributed by atoms with Gasteiger partial charge in [0.15, 0.2) is 5.78 Å². The number of anilines is 1. The van der Waals surface area contributed by atoms with Crippen LogP contribution < -0.4 is 10.1 Å². The van der Waals surface area contributed by atoms with E-state index in [9.17, 15) is 9.59 Å². The number of methoxy groups -OCH3 is 1. The standard InChI is InChI=1S/C24H29N3O5/c1-24(2,3)22(28)20-16-27-15-18(7-10-21(27)26-20)25-23(29)17-5-8-19(9-6-17)32-14-13-31-12-11-30-4/h5-10,15-16H,11-14H2,1-4H3,(H,25,29). The molecule has 0 fully saturated rings. The number of nitrogens with one attached hydrogen (secondary N) is 1. The fourth-order valence-electron chi connectivity index (χ4n) is 2.93. The summed E-state index contributed by atoms with van der Waals surface area (Å²) < 4.78 is 17.6. The third-order valence-corrected chi connectivity index (χ3v) is 4.67. The first-order valence-electron chi connectivity index (χ1n) is 10.4. The number of ether oxygens (including phenoxy) is 3. The highest BCUT2D eigenvalue weighted by molar-refractivity contribution is 6.04. The van der Waals surface area contributed by atoms with Gasteiger partial charge in [-0.05, 0) is 36.4 Å². The second kappa shape index (κ2) is 10.4. The first-order chi connectivity index (χ1) is 15.3. The molecule has 0 radical (unpaired) electrons. The minimum Gasteiger partial charge on any atom is -0.491 e. The number of hydrogen-bond donors (Lipinski definition) is 1. The summed E-state index contributed by atoms with van der Waals surface area (Å²) >= 11 is 0. The highest BCUT2D eigenvalue weighted by atomic mass is 16.5. The zero-order valence-corrected chi connectivity index (χ0v) is 18.9. The Morgan fingerprint density at radius 1 is 0.969 bits per heavy atom. The van der Waals surface area contributed by atoms with Gasteiger partial charge in [-0.15, -0.1) is 0 Å². The van der Waals surface area contributed by atoms with Crippen LogP contribution in [0.4, 0.5) is 5.69 Å². The van der Waals surface area contributed by atoms with Gasteiger partial charge in [-0.3, -0.25) is 9.59 Å². The van der Waals surface area contributed by atoms with Gasteiger partial charge in [-0.25, -0.2) is 4.98 Å². The summed E-state index contributed by atoms with van der Waals surface area (Å²) in [6.45, 7) is 7.53. The average molecular weight is 440 g/mol. The number of hydrogen-bond acceptors (Lipinski definition) is 6. The Morgan fingerprint density at radius 2 is 1.69 bits per heavy atom. The Bertz CT molecular complexity index is 1070. The van der Waals surface area contributed by atoms with Crippen molar-refractivity contribution in [3.8, 4) is 5.75 Å². The number of ketones is 1. The van der Waals surface area contributed by atoms with E-state index in [0.29, 0.717) is 54.8 Å². The van der Waals surface area contributed by atoms with Crippen molar-refractivity contribution in [2.45, 2.75) is 20.8 Å². The van der Waals surface area contributed by atoms with Crippen LogP contribution in [0.5, 0.6) is 5.75 Å². The zero-order valence-electron chi connectivity index (χ0n) is 18.9. The van der Waals surface area contributed by atoms with E-state index in [0.717, 1.165) is 0 Å². The molecule has 32 heavy (non-hydrogen) atoms. The molecule has 1 aromatic carbocycles. The Hall–Kier alpha value is -3.23. The van der Waals surface area contributed by atoms with Crippen molar-refractivity contribution in [1.82, 2.24) is 9.38 Å². The van der Waals surface area contributed by atoms with Gasteiger partial charge in [0, 0.05) is 30.5 Å². The topological polar surface area (TPSA) is 91.2 Å². The maximum Gasteiger partial charge on any atom is 0.255 e. The van der Waals surface area contributed by atoms with Crippen LogP contribution in [0.1, 0.15) is 41.6 Å². The summed E-state index contributed by atoms with van der Waals surface area (Å²) in [5.41, 5.74) is 1.64. The summed E-state index contributed by atoms with van der Waals surface area (Å²) in [7, 11) is 1.62. The SMILES string of the molecule is COCCOCCOc1ccc(C(=O)Nc2ccc3nc(C(=O)C(C)(C)C)cn3c2)cc1. The number of benzene rings is 1. The predicted molar refractivity (Wildman–Crippen MR) is 122 cm³/mol. The molecule has 0 atom stereocenters. The average Bonchev–Trinajstić information content (AvgIpc) is 3.18. The Morgan fingerprint density at radius 3 is 2.38 bits per heavy atom. The van der Waals surface area contributed by atoms with Crippen molar-refractivity contribution in [2.24, 2.45) is 5.41 Å². The van der Waals surface area contributed by atoms with Crippen LogP contribution in [0.15, 0.2) is 48.8 Å². The first kappa shape index (κ1) is 23.4. The summed E-state index contributed by atoms with van der Waals surface area (Å²) in [6.07, 6.45) is 3.42. The van der Waals surface area contributed by atoms with Gasteiger partial charge >= 0.3 is 0 Å². The van der Waals surface area contributed by atoms with Crippen LogP contribution in [0.3, 0.4) is 0 Å². The van der Waals surface area contributed by atoms with Gasteiger partial charge in [-0.1, -0.05) is 20.8 Å². The molecule has 0 saturated heterocycles. The molecule has 2 heterocycles. The number of pyridine rings is 1. The molecule has 1 N–H and O–H groups in total. The zero-order chi connectivity index (χ0) is 23.1. The molecule has 0 aliphatic carbocycles. The Kier molecular flexibility index (Phi) is 7.61. The minimum absolute atomic E-state index is 0.0318. The number of Topliss-reactive ketones (excluding diaryl/α,β-unsaturated/α-hetero) is 1. The van der Waals surface area contributed by atoms with Gasteiger partial charge in [0.2, 0.25) is 0 Å². The molecule has 0 aliphatic heterocycles. The lowest BCUT2D eigenvalue weighted by molar-refractivity contribution is 0.0544. The maximum atomic E-state index is 12.6. The van der Waals surface area contributed by atoms with E-state index >= 15 is 0 Å². The number of imidazole rings is 1. The maximum absolute atomic E-state index is 12.6. The summed E-state index contributed by atoms with van der Waals surface area (Å²) in [5, 5.41) is 2.87. The van der Waals surface area contributed by atoms with E-state index < -0.39 is 5.41 Å². The number of fused-ring (bicyclic) bond motifs is 1. The van der Waals surface area contributed by atoms with E-state index in [-0.39, 0.29) is 11.7 Å². The molecule has 8 heteroatoms. The molecule has 1 amide bonds. The second-order valence-corrected chi connectivity index (χ2v) is 8.32. The monoisotopic (exact) mass is 439 g/mol. The number of carbonyl (C=O) groups is 2. The highest BCUT2D eigenvalue weighted by Crippen LogP contribution is 2.21. The first-order valence-corrected chi connectivity index (χ1v) is 10.4. The Labute approximate surface area is 187 Å². The van der Waals surface area contributed by atoms with Crippen LogP contribution in [0, 0.1) is 5.41 Å². The van der Waals surface area contributed by atoms with Crippen molar-refractivity contribution in [1.29, 1.82) is 0 Å². The highest BCUT2D eigenvalue weighted by Gasteiger charge is 2.25. The van der Waals surface area contributed by atoms with Gasteiger partial charge in [0.25, 0.3) is 5.91 Å². The van der Waals surface area contributed by atoms with Crippen LogP contribution >= 0.6 is 0 Å². The lowest BCUT2D eigenvalue weighted by atomic mass is 9.89. The van der Waals surface area contributed by atoms with E-state index in [2.05, 4.69) is 10.3 Å². The summed E-state index contributed by atoms with van der Waals surface area (Å²) in [6, 6.07) is 10.4. The normalized spacial score (nSPS) is 11.5. The van der Waals surface area contributed by atoms with Crippen molar-refractivity contribution >= 4 is 23.0 Å². The number of amides is 1. The third kappa shape index (κ3) is 6.15. The molecular weight excluding hydrogens is 410 g/mol. The number of aromatic nitrogens is 2. The molecule has 0 saturated carbocycles. The van der Waals surface area contributed by atoms with Crippen molar-refractivity contribution in [3.63, 3.8) is 0 Å². The molecule has 0 spiro atoms. The molecule has 0 aliphatic rings. The molecule has 8 nitrogen and oxygen atoms in total. The smallest absolute Gasteiger partial charge is 0.255 e. The fourth-order valence-corrected chi connectivity index (χ4v) is 2.93. The number of rotatable bonds is 10. The number of nitrogens with zero attached hydrogens (tertiary/aromatic N) is 2. The Balaban J connectivity index is 1.58. The van der Waals surface area contributed by atoms with E-state index in [1.165, 1.54) is 0 Å². The quantitative estimate of drug-likeness (QED) is 0.381. The minimum atomic E-state index is -0.512. The fraction of sp³-hybridized carbons (Fsp3) is 0.375. The van der Waals surface area contributed by atoms with Crippen molar-refractivity contribution in [3.05, 3.63) is 60.0 Å². The summed E-state index contributed by atoms with van der Waals surface area (Å²) in [5.74, 6) is 0.383. The molecule has 3 aromatic rings. The number of carbonyl (C=O) groups excluding carboxylic acids is 2. The molecule has 2 aromatic heterocycles. The van der Waals surface area contributed by atoms with Crippen LogP contribution in [-0.2, 0) is 9.47 Å². The molecule has 3 rings (SSSR count). The lowest BCUT2D eigenvalue weighted by Crippen LogP contribution is -2.20. The molecular formula is C24H29N3O5.